The van der Waals surface area contributed by atoms with Crippen molar-refractivity contribution in [3.63, 3.8) is 0 Å². The minimum atomic E-state index is 0.524. The van der Waals surface area contributed by atoms with Gasteiger partial charge in [-0.25, -0.2) is 0 Å². The average molecular weight is 265 g/mol. The van der Waals surface area contributed by atoms with E-state index in [1.54, 1.807) is 0 Å². The van der Waals surface area contributed by atoms with E-state index < -0.39 is 0 Å². The summed E-state index contributed by atoms with van der Waals surface area (Å²) in [6.45, 7) is 6.85. The zero-order chi connectivity index (χ0) is 13.7. The first kappa shape index (κ1) is 14.0. The van der Waals surface area contributed by atoms with Crippen LogP contribution in [0.4, 0.5) is 5.69 Å². The predicted molar refractivity (Wildman–Crippen MR) is 75.6 cm³/mol. The molecule has 4 heteroatoms. The summed E-state index contributed by atoms with van der Waals surface area (Å²) in [5.74, 6) is 2.08. The van der Waals surface area contributed by atoms with Gasteiger partial charge in [-0.05, 0) is 18.4 Å². The van der Waals surface area contributed by atoms with Gasteiger partial charge >= 0.3 is 0 Å². The third kappa shape index (κ3) is 3.77. The molecule has 1 atom stereocenters. The lowest BCUT2D eigenvalue weighted by atomic mass is 10.1. The lowest BCUT2D eigenvalue weighted by Crippen LogP contribution is -2.16. The number of fused-ring (bicyclic) bond motifs is 1. The Kier molecular flexibility index (Phi) is 4.91. The van der Waals surface area contributed by atoms with E-state index in [1.165, 1.54) is 12.8 Å². The van der Waals surface area contributed by atoms with Gasteiger partial charge in [-0.3, -0.25) is 0 Å². The quantitative estimate of drug-likeness (QED) is 0.803. The predicted octanol–water partition coefficient (Wildman–Crippen LogP) is 2.99. The van der Waals surface area contributed by atoms with E-state index in [2.05, 4.69) is 13.8 Å². The Balaban J connectivity index is 1.93. The van der Waals surface area contributed by atoms with Crippen molar-refractivity contribution >= 4 is 5.69 Å². The van der Waals surface area contributed by atoms with Crippen molar-refractivity contribution in [1.29, 1.82) is 0 Å². The van der Waals surface area contributed by atoms with Gasteiger partial charge in [0, 0.05) is 23.9 Å². The number of hydrogen-bond acceptors (Lipinski definition) is 4. The number of ether oxygens (including phenoxy) is 3. The SMILES string of the molecule is CCCC(C)COCc1cc2c(cc1N)OCCO2. The average Bonchev–Trinajstić information content (AvgIpc) is 2.39. The Morgan fingerprint density at radius 2 is 1.95 bits per heavy atom. The fourth-order valence-corrected chi connectivity index (χ4v) is 2.22. The fourth-order valence-electron chi connectivity index (χ4n) is 2.22. The van der Waals surface area contributed by atoms with Crippen LogP contribution < -0.4 is 15.2 Å². The molecule has 1 unspecified atom stereocenters. The molecule has 19 heavy (non-hydrogen) atoms. The maximum absolute atomic E-state index is 6.00. The van der Waals surface area contributed by atoms with Crippen LogP contribution in [-0.4, -0.2) is 19.8 Å². The first-order valence-electron chi connectivity index (χ1n) is 6.96. The van der Waals surface area contributed by atoms with Gasteiger partial charge in [-0.1, -0.05) is 20.3 Å². The number of benzene rings is 1. The summed E-state index contributed by atoms with van der Waals surface area (Å²) in [5, 5.41) is 0. The molecule has 4 nitrogen and oxygen atoms in total. The Labute approximate surface area is 114 Å². The van der Waals surface area contributed by atoms with Gasteiger partial charge in [0.1, 0.15) is 13.2 Å². The van der Waals surface area contributed by atoms with Crippen LogP contribution in [0.1, 0.15) is 32.3 Å². The van der Waals surface area contributed by atoms with Crippen LogP contribution >= 0.6 is 0 Å². The fraction of sp³-hybridized carbons (Fsp3) is 0.600. The molecule has 106 valence electrons. The second kappa shape index (κ2) is 6.66. The number of rotatable bonds is 6. The van der Waals surface area contributed by atoms with E-state index >= 15 is 0 Å². The lowest BCUT2D eigenvalue weighted by molar-refractivity contribution is 0.0892. The normalized spacial score (nSPS) is 15.3. The topological polar surface area (TPSA) is 53.7 Å². The van der Waals surface area contributed by atoms with Gasteiger partial charge in [0.15, 0.2) is 11.5 Å². The van der Waals surface area contributed by atoms with Gasteiger partial charge in [0.25, 0.3) is 0 Å². The lowest BCUT2D eigenvalue weighted by Gasteiger charge is -2.20. The van der Waals surface area contributed by atoms with E-state index in [0.29, 0.717) is 31.4 Å². The van der Waals surface area contributed by atoms with E-state index in [1.807, 2.05) is 12.1 Å². The molecule has 0 aliphatic carbocycles. The molecule has 0 amide bonds. The van der Waals surface area contributed by atoms with Crippen molar-refractivity contribution in [2.24, 2.45) is 5.92 Å². The zero-order valence-electron chi connectivity index (χ0n) is 11.8. The van der Waals surface area contributed by atoms with Crippen LogP contribution in [0.2, 0.25) is 0 Å². The summed E-state index contributed by atoms with van der Waals surface area (Å²) in [5.41, 5.74) is 7.67. The summed E-state index contributed by atoms with van der Waals surface area (Å²) in [4.78, 5) is 0. The summed E-state index contributed by atoms with van der Waals surface area (Å²) >= 11 is 0. The molecule has 2 N–H and O–H groups in total. The van der Waals surface area contributed by atoms with Crippen molar-refractivity contribution in [3.05, 3.63) is 17.7 Å². The molecular formula is C15H23NO3. The highest BCUT2D eigenvalue weighted by Crippen LogP contribution is 2.34. The number of nitrogens with two attached hydrogens (primary N) is 1. The number of hydrogen-bond donors (Lipinski definition) is 1. The summed E-state index contributed by atoms with van der Waals surface area (Å²) in [7, 11) is 0. The minimum absolute atomic E-state index is 0.524. The van der Waals surface area contributed by atoms with E-state index in [0.717, 1.165) is 23.7 Å². The van der Waals surface area contributed by atoms with Crippen molar-refractivity contribution in [2.45, 2.75) is 33.3 Å². The number of nitrogen functional groups attached to an aromatic ring is 1. The van der Waals surface area contributed by atoms with Gasteiger partial charge < -0.3 is 19.9 Å². The van der Waals surface area contributed by atoms with Crippen molar-refractivity contribution < 1.29 is 14.2 Å². The third-order valence-electron chi connectivity index (χ3n) is 3.25. The molecule has 1 heterocycles. The maximum atomic E-state index is 6.00. The van der Waals surface area contributed by atoms with Crippen LogP contribution in [0.5, 0.6) is 11.5 Å². The monoisotopic (exact) mass is 265 g/mol. The molecule has 0 saturated carbocycles. The molecule has 0 bridgehead atoms. The van der Waals surface area contributed by atoms with Crippen molar-refractivity contribution in [2.75, 3.05) is 25.6 Å². The van der Waals surface area contributed by atoms with Crippen molar-refractivity contribution in [3.8, 4) is 11.5 Å². The highest BCUT2D eigenvalue weighted by molar-refractivity contribution is 5.58. The third-order valence-corrected chi connectivity index (χ3v) is 3.25. The highest BCUT2D eigenvalue weighted by Gasteiger charge is 2.14. The molecule has 0 saturated heterocycles. The van der Waals surface area contributed by atoms with Crippen LogP contribution in [-0.2, 0) is 11.3 Å². The van der Waals surface area contributed by atoms with Gasteiger partial charge in [-0.15, -0.1) is 0 Å². The van der Waals surface area contributed by atoms with Crippen LogP contribution in [0.15, 0.2) is 12.1 Å². The Hall–Kier alpha value is -1.42. The van der Waals surface area contributed by atoms with Crippen LogP contribution in [0.25, 0.3) is 0 Å². The molecule has 0 fully saturated rings. The first-order valence-corrected chi connectivity index (χ1v) is 6.96. The van der Waals surface area contributed by atoms with E-state index in [-0.39, 0.29) is 0 Å². The summed E-state index contributed by atoms with van der Waals surface area (Å²) in [6, 6.07) is 3.75. The zero-order valence-corrected chi connectivity index (χ0v) is 11.8. The second-order valence-corrected chi connectivity index (χ2v) is 5.10. The summed E-state index contributed by atoms with van der Waals surface area (Å²) < 4.78 is 16.8. The second-order valence-electron chi connectivity index (χ2n) is 5.10. The minimum Gasteiger partial charge on any atom is -0.486 e. The molecule has 0 spiro atoms. The number of anilines is 1. The van der Waals surface area contributed by atoms with E-state index in [4.69, 9.17) is 19.9 Å². The van der Waals surface area contributed by atoms with Crippen molar-refractivity contribution in [1.82, 2.24) is 0 Å². The van der Waals surface area contributed by atoms with Gasteiger partial charge in [0.2, 0.25) is 0 Å². The van der Waals surface area contributed by atoms with Crippen LogP contribution in [0.3, 0.4) is 0 Å². The van der Waals surface area contributed by atoms with Gasteiger partial charge in [-0.2, -0.15) is 0 Å². The molecule has 1 aliphatic heterocycles. The molecule has 0 radical (unpaired) electrons. The Morgan fingerprint density at radius 1 is 1.26 bits per heavy atom. The van der Waals surface area contributed by atoms with Gasteiger partial charge in [0.05, 0.1) is 6.61 Å². The largest absolute Gasteiger partial charge is 0.486 e. The molecule has 1 aromatic rings. The molecular weight excluding hydrogens is 242 g/mol. The summed E-state index contributed by atoms with van der Waals surface area (Å²) in [6.07, 6.45) is 2.38. The smallest absolute Gasteiger partial charge is 0.163 e. The Morgan fingerprint density at radius 3 is 2.63 bits per heavy atom. The Bertz CT molecular complexity index is 420. The standard InChI is InChI=1S/C15H23NO3/c1-3-4-11(2)9-17-10-12-7-14-15(8-13(12)16)19-6-5-18-14/h7-8,11H,3-6,9-10,16H2,1-2H3. The first-order chi connectivity index (χ1) is 9.20. The molecule has 0 aromatic heterocycles. The maximum Gasteiger partial charge on any atom is 0.163 e. The molecule has 1 aromatic carbocycles. The molecule has 1 aliphatic rings. The molecule has 2 rings (SSSR count). The van der Waals surface area contributed by atoms with E-state index in [9.17, 15) is 0 Å². The van der Waals surface area contributed by atoms with Crippen LogP contribution in [0, 0.1) is 5.92 Å². The highest BCUT2D eigenvalue weighted by atomic mass is 16.6.